The third-order valence-corrected chi connectivity index (χ3v) is 4.75. The molecule has 0 aliphatic heterocycles. The Bertz CT molecular complexity index is 785. The first-order valence-corrected chi connectivity index (χ1v) is 9.73. The number of nitrogens with zero attached hydrogens (tertiary/aromatic N) is 2. The first-order chi connectivity index (χ1) is 11.9. The monoisotopic (exact) mass is 540 g/mol. The van der Waals surface area contributed by atoms with Crippen molar-refractivity contribution in [2.75, 3.05) is 0 Å². The van der Waals surface area contributed by atoms with Crippen LogP contribution in [0.5, 0.6) is 0 Å². The van der Waals surface area contributed by atoms with Crippen LogP contribution in [0.1, 0.15) is 20.7 Å². The van der Waals surface area contributed by atoms with Crippen LogP contribution >= 0.6 is 0 Å². The van der Waals surface area contributed by atoms with Crippen molar-refractivity contribution in [3.8, 4) is 0 Å². The van der Waals surface area contributed by atoms with Crippen LogP contribution in [0.3, 0.4) is 0 Å². The van der Waals surface area contributed by atoms with Crippen molar-refractivity contribution in [2.24, 2.45) is 0 Å². The summed E-state index contributed by atoms with van der Waals surface area (Å²) in [4.78, 5) is 45.3. The van der Waals surface area contributed by atoms with Crippen molar-refractivity contribution >= 4 is 48.5 Å². The molecule has 0 atom stereocenters. The van der Waals surface area contributed by atoms with Crippen LogP contribution in [0.25, 0.3) is 0 Å². The van der Waals surface area contributed by atoms with Crippen LogP contribution in [0.2, 0.25) is 0 Å². The summed E-state index contributed by atoms with van der Waals surface area (Å²) in [6, 6.07) is 10.3. The molecule has 0 aromatic heterocycles. The summed E-state index contributed by atoms with van der Waals surface area (Å²) in [7, 11) is 0. The van der Waals surface area contributed by atoms with E-state index < -0.39 is 37.1 Å². The molecule has 2 aromatic rings. The Kier molecular flexibility index (Phi) is 6.10. The number of carboxylic acids is 2. The summed E-state index contributed by atoms with van der Waals surface area (Å²) < 4.78 is 9.53. The number of aromatic carboxylic acids is 2. The summed E-state index contributed by atoms with van der Waals surface area (Å²) in [5, 5.41) is 21.9. The first kappa shape index (κ1) is 18.4. The van der Waals surface area contributed by atoms with Gasteiger partial charge in [-0.25, -0.2) is 0 Å². The molecule has 0 unspecified atom stereocenters. The molecule has 0 aliphatic carbocycles. The van der Waals surface area contributed by atoms with Gasteiger partial charge < -0.3 is 0 Å². The van der Waals surface area contributed by atoms with Gasteiger partial charge in [0.25, 0.3) is 0 Å². The predicted molar refractivity (Wildman–Crippen MR) is 76.0 cm³/mol. The van der Waals surface area contributed by atoms with Crippen molar-refractivity contribution in [2.45, 2.75) is 0 Å². The molecule has 0 saturated heterocycles. The number of para-hydroxylation sites is 2. The van der Waals surface area contributed by atoms with Crippen molar-refractivity contribution in [1.29, 1.82) is 0 Å². The number of hydrogen-bond donors (Lipinski definition) is 0. The van der Waals surface area contributed by atoms with Gasteiger partial charge in [0.2, 0.25) is 0 Å². The minimum atomic E-state index is -2.79. The third-order valence-electron chi connectivity index (χ3n) is 2.88. The van der Waals surface area contributed by atoms with Gasteiger partial charge in [-0.1, -0.05) is 0 Å². The average Bonchev–Trinajstić information content (AvgIpc) is 2.61. The molecular formula is C14H8N2O8Pb. The van der Waals surface area contributed by atoms with E-state index >= 15 is 0 Å². The van der Waals surface area contributed by atoms with Crippen LogP contribution in [-0.4, -0.2) is 46.9 Å². The second kappa shape index (κ2) is 8.27. The van der Waals surface area contributed by atoms with Gasteiger partial charge >= 0.3 is 153 Å². The standard InChI is InChI=1S/2C7H5NO4.Pb/c2*9-7(10)5-3-1-2-4-6(5)8(11)12;/h2*1-4H,(H,9,10);/q;;+2/p-2. The Balaban J connectivity index is 2.02. The molecule has 0 N–H and O–H groups in total. The van der Waals surface area contributed by atoms with E-state index in [1.54, 1.807) is 0 Å². The summed E-state index contributed by atoms with van der Waals surface area (Å²) in [5.41, 5.74) is -1.40. The SMILES string of the molecule is O=C([O-])c1ccccc1[N+](=O)[O][Pb][O][N+](=O)c1ccccc1C(=O)[O-]. The predicted octanol–water partition coefficient (Wildman–Crippen LogP) is -0.668. The number of carboxylic acid groups (broad SMARTS) is 2. The van der Waals surface area contributed by atoms with Crippen molar-refractivity contribution in [1.82, 2.24) is 0 Å². The topological polar surface area (TPSA) is 139 Å². The number of carbonyl (C=O) groups excluding carboxylic acids is 2. The molecule has 10 nitrogen and oxygen atoms in total. The second-order valence-electron chi connectivity index (χ2n) is 4.39. The molecule has 2 rings (SSSR count). The van der Waals surface area contributed by atoms with E-state index in [1.165, 1.54) is 36.4 Å². The van der Waals surface area contributed by atoms with Gasteiger partial charge in [0.1, 0.15) is 0 Å². The maximum absolute atomic E-state index is 11.8. The molecular weight excluding hydrogens is 531 g/mol. The van der Waals surface area contributed by atoms with Gasteiger partial charge in [0, 0.05) is 0 Å². The second-order valence-corrected chi connectivity index (χ2v) is 6.46. The molecule has 126 valence electrons. The summed E-state index contributed by atoms with van der Waals surface area (Å²) in [5.74, 6) is -3.13. The number of rotatable bonds is 8. The molecule has 0 saturated carbocycles. The Morgan fingerprint density at radius 3 is 1.48 bits per heavy atom. The van der Waals surface area contributed by atoms with Gasteiger partial charge in [0.15, 0.2) is 0 Å². The van der Waals surface area contributed by atoms with Gasteiger partial charge in [-0.3, -0.25) is 0 Å². The zero-order chi connectivity index (χ0) is 18.4. The van der Waals surface area contributed by atoms with Gasteiger partial charge in [-0.2, -0.15) is 0 Å². The molecule has 2 aromatic carbocycles. The van der Waals surface area contributed by atoms with Crippen LogP contribution in [-0.2, 0) is 5.58 Å². The molecule has 25 heavy (non-hydrogen) atoms. The van der Waals surface area contributed by atoms with Crippen molar-refractivity contribution in [3.05, 3.63) is 69.5 Å². The molecule has 2 radical (unpaired) electrons. The van der Waals surface area contributed by atoms with Gasteiger partial charge in [-0.15, -0.1) is 0 Å². The van der Waals surface area contributed by atoms with Crippen LogP contribution in [0.15, 0.2) is 48.5 Å². The van der Waals surface area contributed by atoms with E-state index in [0.717, 1.165) is 12.1 Å². The average molecular weight is 539 g/mol. The van der Waals surface area contributed by atoms with E-state index in [0.29, 0.717) is 0 Å². The molecule has 11 heteroatoms. The quantitative estimate of drug-likeness (QED) is 0.318. The molecule has 0 aliphatic rings. The zero-order valence-corrected chi connectivity index (χ0v) is 16.2. The third kappa shape index (κ3) is 4.56. The molecule has 0 heterocycles. The first-order valence-electron chi connectivity index (χ1n) is 6.56. The fraction of sp³-hybridized carbons (Fsp3) is 0. The van der Waals surface area contributed by atoms with E-state index in [1.807, 2.05) is 0 Å². The van der Waals surface area contributed by atoms with E-state index in [4.69, 9.17) is 5.58 Å². The fourth-order valence-corrected chi connectivity index (χ4v) is 3.21. The Morgan fingerprint density at radius 1 is 0.760 bits per heavy atom. The van der Waals surface area contributed by atoms with Crippen LogP contribution in [0.4, 0.5) is 11.4 Å². The Hall–Kier alpha value is -2.90. The normalized spacial score (nSPS) is 9.92. The molecule has 0 fully saturated rings. The molecule has 0 spiro atoms. The summed E-state index contributed by atoms with van der Waals surface area (Å²) >= 11 is -2.79. The fourth-order valence-electron chi connectivity index (χ4n) is 1.79. The maximum atomic E-state index is 11.8. The van der Waals surface area contributed by atoms with Gasteiger partial charge in [0.05, 0.1) is 0 Å². The van der Waals surface area contributed by atoms with Crippen molar-refractivity contribution in [3.63, 3.8) is 0 Å². The minimum absolute atomic E-state index is 0.0766. The zero-order valence-electron chi connectivity index (χ0n) is 12.3. The Morgan fingerprint density at radius 2 is 1.12 bits per heavy atom. The Labute approximate surface area is 153 Å². The van der Waals surface area contributed by atoms with Crippen LogP contribution < -0.4 is 10.2 Å². The molecule has 0 amide bonds. The number of carbonyl (C=O) groups is 2. The van der Waals surface area contributed by atoms with Gasteiger partial charge in [-0.05, 0) is 0 Å². The van der Waals surface area contributed by atoms with Crippen LogP contribution in [0, 0.1) is 9.81 Å². The number of benzene rings is 2. The van der Waals surface area contributed by atoms with Crippen molar-refractivity contribution < 1.29 is 35.2 Å². The summed E-state index contributed by atoms with van der Waals surface area (Å²) in [6.07, 6.45) is 0. The van der Waals surface area contributed by atoms with E-state index in [9.17, 15) is 29.6 Å². The molecule has 0 bridgehead atoms. The number of hydrogen-bond acceptors (Lipinski definition) is 8. The van der Waals surface area contributed by atoms with E-state index in [2.05, 4.69) is 0 Å². The van der Waals surface area contributed by atoms with E-state index in [-0.39, 0.29) is 32.3 Å². The summed E-state index contributed by atoms with van der Waals surface area (Å²) in [6.45, 7) is 0.